The van der Waals surface area contributed by atoms with Gasteiger partial charge in [-0.25, -0.2) is 19.7 Å². The van der Waals surface area contributed by atoms with Gasteiger partial charge in [0.25, 0.3) is 0 Å². The van der Waals surface area contributed by atoms with Crippen LogP contribution in [-0.2, 0) is 7.05 Å². The Morgan fingerprint density at radius 3 is 2.80 bits per heavy atom. The molecule has 0 aliphatic rings. The molecule has 0 atom stereocenters. The summed E-state index contributed by atoms with van der Waals surface area (Å²) in [6, 6.07) is 1.42. The van der Waals surface area contributed by atoms with Gasteiger partial charge in [0.1, 0.15) is 6.33 Å². The van der Waals surface area contributed by atoms with E-state index < -0.39 is 5.97 Å². The third-order valence-electron chi connectivity index (χ3n) is 2.67. The molecule has 20 heavy (non-hydrogen) atoms. The van der Waals surface area contributed by atoms with E-state index >= 15 is 0 Å². The minimum Gasteiger partial charge on any atom is -0.477 e. The summed E-state index contributed by atoms with van der Waals surface area (Å²) < 4.78 is 3.17. The summed E-state index contributed by atoms with van der Waals surface area (Å²) in [5.41, 5.74) is 1.13. The molecular formula is C12H10N6O2. The zero-order valence-corrected chi connectivity index (χ0v) is 10.5. The van der Waals surface area contributed by atoms with Crippen LogP contribution < -0.4 is 0 Å². The molecule has 3 rings (SSSR count). The molecule has 3 aromatic rings. The maximum Gasteiger partial charge on any atom is 0.354 e. The molecule has 8 heteroatoms. The van der Waals surface area contributed by atoms with Crippen molar-refractivity contribution in [3.63, 3.8) is 0 Å². The second-order valence-electron chi connectivity index (χ2n) is 4.12. The third kappa shape index (κ3) is 2.14. The summed E-state index contributed by atoms with van der Waals surface area (Å²) in [6.07, 6.45) is 8.10. The van der Waals surface area contributed by atoms with Crippen molar-refractivity contribution in [1.29, 1.82) is 0 Å². The van der Waals surface area contributed by atoms with Crippen LogP contribution in [0.4, 0.5) is 0 Å². The highest BCUT2D eigenvalue weighted by Crippen LogP contribution is 2.18. The average Bonchev–Trinajstić information content (AvgIpc) is 3.09. The summed E-state index contributed by atoms with van der Waals surface area (Å²) in [5.74, 6) is -0.861. The van der Waals surface area contributed by atoms with E-state index in [9.17, 15) is 4.79 Å². The van der Waals surface area contributed by atoms with Crippen molar-refractivity contribution < 1.29 is 9.90 Å². The normalized spacial score (nSPS) is 10.7. The van der Waals surface area contributed by atoms with Crippen molar-refractivity contribution in [2.75, 3.05) is 0 Å². The molecule has 0 bridgehead atoms. The van der Waals surface area contributed by atoms with E-state index in [2.05, 4.69) is 20.1 Å². The number of rotatable bonds is 3. The van der Waals surface area contributed by atoms with Gasteiger partial charge in [-0.3, -0.25) is 9.25 Å². The van der Waals surface area contributed by atoms with Crippen LogP contribution in [-0.4, -0.2) is 40.4 Å². The van der Waals surface area contributed by atoms with Gasteiger partial charge in [-0.1, -0.05) is 0 Å². The first-order valence-corrected chi connectivity index (χ1v) is 5.73. The van der Waals surface area contributed by atoms with Crippen molar-refractivity contribution in [1.82, 2.24) is 29.3 Å². The minimum atomic E-state index is -1.11. The molecule has 0 aliphatic carbocycles. The lowest BCUT2D eigenvalue weighted by Crippen LogP contribution is -2.07. The highest BCUT2D eigenvalue weighted by Gasteiger charge is 2.13. The van der Waals surface area contributed by atoms with Crippen molar-refractivity contribution in [3.05, 3.63) is 42.9 Å². The number of hydrogen-bond donors (Lipinski definition) is 1. The monoisotopic (exact) mass is 270 g/mol. The Hall–Kier alpha value is -3.03. The third-order valence-corrected chi connectivity index (χ3v) is 2.67. The summed E-state index contributed by atoms with van der Waals surface area (Å²) in [5, 5.41) is 13.2. The molecule has 3 heterocycles. The molecule has 0 aromatic carbocycles. The Kier molecular flexibility index (Phi) is 2.75. The van der Waals surface area contributed by atoms with E-state index in [1.807, 2.05) is 0 Å². The van der Waals surface area contributed by atoms with E-state index in [-0.39, 0.29) is 11.6 Å². The minimum absolute atomic E-state index is 0.0810. The smallest absolute Gasteiger partial charge is 0.354 e. The highest BCUT2D eigenvalue weighted by molar-refractivity contribution is 5.86. The lowest BCUT2D eigenvalue weighted by molar-refractivity contribution is 0.0690. The molecule has 0 fully saturated rings. The van der Waals surface area contributed by atoms with Gasteiger partial charge in [0, 0.05) is 31.2 Å². The zero-order chi connectivity index (χ0) is 14.1. The van der Waals surface area contributed by atoms with Crippen LogP contribution in [0.5, 0.6) is 0 Å². The Balaban J connectivity index is 2.17. The predicted octanol–water partition coefficient (Wildman–Crippen LogP) is 0.761. The van der Waals surface area contributed by atoms with Crippen molar-refractivity contribution >= 4 is 5.97 Å². The molecule has 0 spiro atoms. The number of aryl methyl sites for hydroxylation is 1. The summed E-state index contributed by atoms with van der Waals surface area (Å²) in [7, 11) is 1.78. The number of imidazole rings is 1. The van der Waals surface area contributed by atoms with Gasteiger partial charge in [-0.15, -0.1) is 0 Å². The predicted molar refractivity (Wildman–Crippen MR) is 68.3 cm³/mol. The number of aromatic nitrogens is 6. The molecule has 0 saturated carbocycles. The summed E-state index contributed by atoms with van der Waals surface area (Å²) >= 11 is 0. The number of hydrogen-bond acceptors (Lipinski definition) is 5. The number of carbonyl (C=O) groups is 1. The Bertz CT molecular complexity index is 762. The van der Waals surface area contributed by atoms with Crippen LogP contribution >= 0.6 is 0 Å². The van der Waals surface area contributed by atoms with Crippen LogP contribution in [0, 0.1) is 0 Å². The largest absolute Gasteiger partial charge is 0.477 e. The van der Waals surface area contributed by atoms with Crippen LogP contribution in [0.15, 0.2) is 37.2 Å². The average molecular weight is 270 g/mol. The maximum atomic E-state index is 11.2. The number of carboxylic acids is 1. The first-order chi connectivity index (χ1) is 9.63. The highest BCUT2D eigenvalue weighted by atomic mass is 16.4. The Morgan fingerprint density at radius 2 is 2.20 bits per heavy atom. The van der Waals surface area contributed by atoms with Gasteiger partial charge in [0.05, 0.1) is 11.9 Å². The standard InChI is InChI=1S/C12H10N6O2/c1-17-6-8(5-14-17)9-4-10(11(19)20)16-12(15-9)18-3-2-13-7-18/h2-7H,1H3,(H,19,20). The van der Waals surface area contributed by atoms with Crippen LogP contribution in [0.25, 0.3) is 17.2 Å². The van der Waals surface area contributed by atoms with Crippen LogP contribution in [0.3, 0.4) is 0 Å². The second kappa shape index (κ2) is 4.57. The maximum absolute atomic E-state index is 11.2. The SMILES string of the molecule is Cn1cc(-c2cc(C(=O)O)nc(-n3ccnc3)n2)cn1. The fourth-order valence-electron chi connectivity index (χ4n) is 1.74. The molecule has 0 aliphatic heterocycles. The fraction of sp³-hybridized carbons (Fsp3) is 0.0833. The molecule has 0 saturated heterocycles. The van der Waals surface area contributed by atoms with Gasteiger partial charge in [0.15, 0.2) is 5.69 Å². The van der Waals surface area contributed by atoms with Gasteiger partial charge in [-0.2, -0.15) is 5.10 Å². The molecule has 0 unspecified atom stereocenters. The van der Waals surface area contributed by atoms with Crippen molar-refractivity contribution in [2.45, 2.75) is 0 Å². The molecule has 8 nitrogen and oxygen atoms in total. The van der Waals surface area contributed by atoms with E-state index in [0.717, 1.165) is 5.56 Å². The van der Waals surface area contributed by atoms with E-state index in [1.165, 1.54) is 12.4 Å². The van der Waals surface area contributed by atoms with Gasteiger partial charge in [-0.05, 0) is 6.07 Å². The van der Waals surface area contributed by atoms with Crippen LogP contribution in [0.2, 0.25) is 0 Å². The fourth-order valence-corrected chi connectivity index (χ4v) is 1.74. The number of carboxylic acid groups (broad SMARTS) is 1. The molecular weight excluding hydrogens is 260 g/mol. The number of nitrogens with zero attached hydrogens (tertiary/aromatic N) is 6. The van der Waals surface area contributed by atoms with E-state index in [1.54, 1.807) is 41.1 Å². The van der Waals surface area contributed by atoms with Crippen molar-refractivity contribution in [3.8, 4) is 17.2 Å². The molecule has 1 N–H and O–H groups in total. The molecule has 0 amide bonds. The topological polar surface area (TPSA) is 98.7 Å². The van der Waals surface area contributed by atoms with Gasteiger partial charge < -0.3 is 5.11 Å². The first-order valence-electron chi connectivity index (χ1n) is 5.73. The lowest BCUT2D eigenvalue weighted by atomic mass is 10.2. The summed E-state index contributed by atoms with van der Waals surface area (Å²) in [4.78, 5) is 23.4. The van der Waals surface area contributed by atoms with Gasteiger partial charge in [0.2, 0.25) is 5.95 Å². The zero-order valence-electron chi connectivity index (χ0n) is 10.5. The lowest BCUT2D eigenvalue weighted by Gasteiger charge is -2.04. The Morgan fingerprint density at radius 1 is 1.35 bits per heavy atom. The molecule has 3 aromatic heterocycles. The molecule has 0 radical (unpaired) electrons. The quantitative estimate of drug-likeness (QED) is 0.754. The second-order valence-corrected chi connectivity index (χ2v) is 4.12. The molecule has 100 valence electrons. The van der Waals surface area contributed by atoms with E-state index in [0.29, 0.717) is 5.69 Å². The van der Waals surface area contributed by atoms with Crippen molar-refractivity contribution in [2.24, 2.45) is 7.05 Å². The van der Waals surface area contributed by atoms with Crippen LogP contribution in [0.1, 0.15) is 10.5 Å². The summed E-state index contributed by atoms with van der Waals surface area (Å²) in [6.45, 7) is 0. The van der Waals surface area contributed by atoms with E-state index in [4.69, 9.17) is 5.11 Å². The Labute approximate surface area is 113 Å². The van der Waals surface area contributed by atoms with Gasteiger partial charge >= 0.3 is 5.97 Å². The first kappa shape index (κ1) is 12.0. The number of aromatic carboxylic acids is 1.